The Morgan fingerprint density at radius 2 is 1.81 bits per heavy atom. The van der Waals surface area contributed by atoms with Gasteiger partial charge in [0.1, 0.15) is 12.4 Å². The van der Waals surface area contributed by atoms with Gasteiger partial charge in [-0.25, -0.2) is 4.98 Å². The number of fused-ring (bicyclic) bond motifs is 2. The van der Waals surface area contributed by atoms with E-state index in [4.69, 9.17) is 4.98 Å². The molecule has 3 N–H and O–H groups in total. The molecule has 1 aromatic heterocycles. The van der Waals surface area contributed by atoms with Crippen molar-refractivity contribution < 1.29 is 19.5 Å². The van der Waals surface area contributed by atoms with Crippen LogP contribution in [0.1, 0.15) is 55.8 Å². The van der Waals surface area contributed by atoms with Crippen LogP contribution >= 0.6 is 0 Å². The highest BCUT2D eigenvalue weighted by molar-refractivity contribution is 6.04. The van der Waals surface area contributed by atoms with Gasteiger partial charge in [-0.3, -0.25) is 14.4 Å². The van der Waals surface area contributed by atoms with E-state index in [0.717, 1.165) is 53.7 Å². The maximum atomic E-state index is 12.8. The molecule has 5 rings (SSSR count). The molecule has 36 heavy (non-hydrogen) atoms. The number of nitrogens with one attached hydrogen (secondary N) is 2. The highest BCUT2D eigenvalue weighted by Gasteiger charge is 2.27. The Hall–Kier alpha value is -3.94. The molecule has 3 aromatic rings. The smallest absolute Gasteiger partial charge is 0.323 e. The number of H-pyrrole nitrogens is 1. The maximum absolute atomic E-state index is 12.8. The van der Waals surface area contributed by atoms with E-state index in [1.165, 1.54) is 4.90 Å². The molecule has 2 aromatic carbocycles. The minimum absolute atomic E-state index is 0.0659. The van der Waals surface area contributed by atoms with E-state index >= 15 is 0 Å². The van der Waals surface area contributed by atoms with Crippen LogP contribution < -0.4 is 10.2 Å². The van der Waals surface area contributed by atoms with Crippen LogP contribution in [-0.4, -0.2) is 45.9 Å². The van der Waals surface area contributed by atoms with Gasteiger partial charge >= 0.3 is 5.97 Å². The lowest BCUT2D eigenvalue weighted by Crippen LogP contribution is -2.35. The average Bonchev–Trinajstić information content (AvgIpc) is 3.28. The number of carboxylic acid groups (broad SMARTS) is 1. The number of nitrogens with zero attached hydrogens (tertiary/aromatic N) is 2. The number of hydrogen-bond donors (Lipinski definition) is 3. The first-order chi connectivity index (χ1) is 17.5. The summed E-state index contributed by atoms with van der Waals surface area (Å²) in [5.41, 5.74) is 4.09. The zero-order valence-corrected chi connectivity index (χ0v) is 20.1. The van der Waals surface area contributed by atoms with Gasteiger partial charge in [0.25, 0.3) is 0 Å². The summed E-state index contributed by atoms with van der Waals surface area (Å²) < 4.78 is 0. The van der Waals surface area contributed by atoms with Crippen LogP contribution in [0, 0.1) is 5.92 Å². The van der Waals surface area contributed by atoms with Crippen molar-refractivity contribution in [2.24, 2.45) is 5.92 Å². The normalized spacial score (nSPS) is 19.9. The summed E-state index contributed by atoms with van der Waals surface area (Å²) >= 11 is 0. The van der Waals surface area contributed by atoms with E-state index in [-0.39, 0.29) is 24.7 Å². The number of anilines is 1. The van der Waals surface area contributed by atoms with Crippen molar-refractivity contribution in [3.8, 4) is 0 Å². The Balaban J connectivity index is 1.16. The van der Waals surface area contributed by atoms with E-state index in [0.29, 0.717) is 24.1 Å². The predicted octanol–water partition coefficient (Wildman–Crippen LogP) is 4.25. The highest BCUT2D eigenvalue weighted by Crippen LogP contribution is 2.36. The molecule has 2 aliphatic rings. The molecule has 1 aliphatic carbocycles. The minimum Gasteiger partial charge on any atom is -0.480 e. The monoisotopic (exact) mass is 486 g/mol. The van der Waals surface area contributed by atoms with Crippen LogP contribution in [0.5, 0.6) is 0 Å². The number of para-hydroxylation sites is 3. The van der Waals surface area contributed by atoms with E-state index in [2.05, 4.69) is 16.4 Å². The third kappa shape index (κ3) is 5.17. The summed E-state index contributed by atoms with van der Waals surface area (Å²) in [5.74, 6) is 0.454. The lowest BCUT2D eigenvalue weighted by Gasteiger charge is -2.27. The quantitative estimate of drug-likeness (QED) is 0.462. The van der Waals surface area contributed by atoms with Gasteiger partial charge in [0.05, 0.1) is 23.1 Å². The SMILES string of the molecule is O=C(O)CN1C(=O)CC=C(CC(=O)NCC2CCC(c3nc4ccccc4[nH]3)CC2)c2ccccc21. The van der Waals surface area contributed by atoms with Crippen molar-refractivity contribution in [3.05, 3.63) is 66.0 Å². The number of carboxylic acids is 1. The van der Waals surface area contributed by atoms with Crippen LogP contribution in [0.4, 0.5) is 5.69 Å². The Kier molecular flexibility index (Phi) is 6.84. The van der Waals surface area contributed by atoms with Crippen molar-refractivity contribution in [2.45, 2.75) is 44.4 Å². The molecule has 0 spiro atoms. The minimum atomic E-state index is -1.07. The molecule has 186 valence electrons. The lowest BCUT2D eigenvalue weighted by atomic mass is 9.81. The topological polar surface area (TPSA) is 115 Å². The molecule has 0 atom stereocenters. The van der Waals surface area contributed by atoms with Gasteiger partial charge in [0.15, 0.2) is 0 Å². The Bertz CT molecular complexity index is 1290. The largest absolute Gasteiger partial charge is 0.480 e. The van der Waals surface area contributed by atoms with Crippen molar-refractivity contribution in [1.29, 1.82) is 0 Å². The van der Waals surface area contributed by atoms with E-state index in [9.17, 15) is 19.5 Å². The number of amides is 2. The third-order valence-electron chi connectivity index (χ3n) is 7.24. The second kappa shape index (κ2) is 10.4. The molecule has 2 amide bonds. The summed E-state index contributed by atoms with van der Waals surface area (Å²) in [4.78, 5) is 46.2. The number of carbonyl (C=O) groups excluding carboxylic acids is 2. The van der Waals surface area contributed by atoms with Gasteiger partial charge in [-0.1, -0.05) is 36.4 Å². The zero-order valence-electron chi connectivity index (χ0n) is 20.1. The number of carbonyl (C=O) groups is 3. The second-order valence-corrected chi connectivity index (χ2v) is 9.66. The predicted molar refractivity (Wildman–Crippen MR) is 137 cm³/mol. The Morgan fingerprint density at radius 1 is 1.06 bits per heavy atom. The molecule has 1 aliphatic heterocycles. The Morgan fingerprint density at radius 3 is 2.58 bits per heavy atom. The maximum Gasteiger partial charge on any atom is 0.323 e. The molecular weight excluding hydrogens is 456 g/mol. The first-order valence-electron chi connectivity index (χ1n) is 12.5. The summed E-state index contributed by atoms with van der Waals surface area (Å²) in [7, 11) is 0. The van der Waals surface area contributed by atoms with Crippen molar-refractivity contribution in [2.75, 3.05) is 18.0 Å². The van der Waals surface area contributed by atoms with Crippen molar-refractivity contribution >= 4 is 40.1 Å². The number of benzene rings is 2. The van der Waals surface area contributed by atoms with Gasteiger partial charge in [-0.15, -0.1) is 0 Å². The van der Waals surface area contributed by atoms with E-state index in [1.54, 1.807) is 18.2 Å². The van der Waals surface area contributed by atoms with Crippen LogP contribution in [0.2, 0.25) is 0 Å². The number of imidazole rings is 1. The fourth-order valence-electron chi connectivity index (χ4n) is 5.32. The molecule has 0 bridgehead atoms. The van der Waals surface area contributed by atoms with E-state index in [1.807, 2.05) is 30.3 Å². The molecular formula is C28H30N4O4. The lowest BCUT2D eigenvalue weighted by molar-refractivity contribution is -0.136. The summed E-state index contributed by atoms with van der Waals surface area (Å²) in [6, 6.07) is 15.3. The van der Waals surface area contributed by atoms with Gasteiger partial charge in [0, 0.05) is 24.4 Å². The number of rotatable bonds is 7. The summed E-state index contributed by atoms with van der Waals surface area (Å²) in [6.45, 7) is 0.227. The van der Waals surface area contributed by atoms with Gasteiger partial charge in [0.2, 0.25) is 11.8 Å². The number of aromatic nitrogens is 2. The van der Waals surface area contributed by atoms with Crippen molar-refractivity contribution in [1.82, 2.24) is 15.3 Å². The summed E-state index contributed by atoms with van der Waals surface area (Å²) in [5, 5.41) is 12.3. The zero-order chi connectivity index (χ0) is 25.1. The Labute approximate surface area is 209 Å². The van der Waals surface area contributed by atoms with Crippen LogP contribution in [0.25, 0.3) is 16.6 Å². The second-order valence-electron chi connectivity index (χ2n) is 9.66. The molecule has 2 heterocycles. The number of hydrogen-bond acceptors (Lipinski definition) is 4. The molecule has 0 saturated heterocycles. The van der Waals surface area contributed by atoms with Crippen LogP contribution in [-0.2, 0) is 14.4 Å². The fraction of sp³-hybridized carbons (Fsp3) is 0.357. The fourth-order valence-corrected chi connectivity index (χ4v) is 5.32. The number of aromatic amines is 1. The van der Waals surface area contributed by atoms with Crippen molar-refractivity contribution in [3.63, 3.8) is 0 Å². The van der Waals surface area contributed by atoms with Gasteiger partial charge < -0.3 is 20.3 Å². The standard InChI is InChI=1S/C28H30N4O4/c33-25(15-20-13-14-26(34)32(17-27(35)36)24-8-4-1-5-21(20)24)29-16-18-9-11-19(12-10-18)28-30-22-6-2-3-7-23(22)31-28/h1-8,13,18-19H,9-12,14-17H2,(H,29,33)(H,30,31)(H,35,36). The summed E-state index contributed by atoms with van der Waals surface area (Å²) in [6.07, 6.45) is 6.12. The molecule has 1 saturated carbocycles. The molecule has 8 heteroatoms. The first kappa shape index (κ1) is 23.8. The molecule has 8 nitrogen and oxygen atoms in total. The molecule has 0 radical (unpaired) electrons. The number of aliphatic carboxylic acids is 1. The van der Waals surface area contributed by atoms with E-state index < -0.39 is 12.5 Å². The van der Waals surface area contributed by atoms with Crippen LogP contribution in [0.15, 0.2) is 54.6 Å². The molecule has 0 unspecified atom stereocenters. The average molecular weight is 487 g/mol. The van der Waals surface area contributed by atoms with Crippen LogP contribution in [0.3, 0.4) is 0 Å². The molecule has 1 fully saturated rings. The third-order valence-corrected chi connectivity index (χ3v) is 7.24. The van der Waals surface area contributed by atoms with Gasteiger partial charge in [-0.2, -0.15) is 0 Å². The first-order valence-corrected chi connectivity index (χ1v) is 12.5. The highest BCUT2D eigenvalue weighted by atomic mass is 16.4. The van der Waals surface area contributed by atoms with Gasteiger partial charge in [-0.05, 0) is 55.4 Å².